The van der Waals surface area contributed by atoms with Crippen LogP contribution in [0.5, 0.6) is 5.75 Å². The molecule has 2 aromatic carbocycles. The van der Waals surface area contributed by atoms with E-state index in [1.165, 1.54) is 22.3 Å². The molecular weight excluding hydrogens is 346 g/mol. The van der Waals surface area contributed by atoms with E-state index in [1.807, 2.05) is 12.4 Å². The number of hydrogen-bond acceptors (Lipinski definition) is 4. The Balaban J connectivity index is 1.37. The summed E-state index contributed by atoms with van der Waals surface area (Å²) in [4.78, 5) is 11.3. The summed E-state index contributed by atoms with van der Waals surface area (Å²) in [6, 6.07) is 17.0. The van der Waals surface area contributed by atoms with Crippen molar-refractivity contribution in [3.05, 3.63) is 72.1 Å². The highest BCUT2D eigenvalue weighted by Gasteiger charge is 2.22. The predicted molar refractivity (Wildman–Crippen MR) is 114 cm³/mol. The van der Waals surface area contributed by atoms with Crippen molar-refractivity contribution in [2.45, 2.75) is 39.2 Å². The fraction of sp³-hybridized carbons (Fsp3) is 0.333. The van der Waals surface area contributed by atoms with E-state index in [2.05, 4.69) is 77.2 Å². The smallest absolute Gasteiger partial charge is 0.225 e. The molecule has 0 unspecified atom stereocenters. The number of nitrogens with zero attached hydrogens (tertiary/aromatic N) is 3. The molecule has 1 aliphatic rings. The average Bonchev–Trinajstić information content (AvgIpc) is 2.75. The Kier molecular flexibility index (Phi) is 5.56. The molecule has 0 N–H and O–H groups in total. The van der Waals surface area contributed by atoms with Gasteiger partial charge in [-0.05, 0) is 42.2 Å². The van der Waals surface area contributed by atoms with Crippen LogP contribution in [0.3, 0.4) is 0 Å². The number of aryl methyl sites for hydroxylation is 2. The second-order valence-electron chi connectivity index (χ2n) is 7.44. The zero-order valence-corrected chi connectivity index (χ0v) is 16.6. The third-order valence-corrected chi connectivity index (χ3v) is 5.35. The number of piperidine rings is 1. The number of ether oxygens (including phenoxy) is 1. The third-order valence-electron chi connectivity index (χ3n) is 5.35. The van der Waals surface area contributed by atoms with E-state index in [4.69, 9.17) is 4.74 Å². The van der Waals surface area contributed by atoms with E-state index >= 15 is 0 Å². The van der Waals surface area contributed by atoms with Gasteiger partial charge in [-0.1, -0.05) is 48.9 Å². The standard InChI is InChI=1S/C24H27N3O/c1-3-19-16-25-24(26-17-19)27-13-11-22(12-14-27)28-23-6-4-5-21(15-23)20-9-7-18(2)8-10-20/h4-10,15-17,22H,3,11-14H2,1-2H3. The molecule has 28 heavy (non-hydrogen) atoms. The molecule has 4 heteroatoms. The summed E-state index contributed by atoms with van der Waals surface area (Å²) < 4.78 is 6.29. The van der Waals surface area contributed by atoms with Crippen LogP contribution >= 0.6 is 0 Å². The van der Waals surface area contributed by atoms with Crippen LogP contribution in [0.25, 0.3) is 11.1 Å². The Bertz CT molecular complexity index is 898. The highest BCUT2D eigenvalue weighted by atomic mass is 16.5. The van der Waals surface area contributed by atoms with Crippen molar-refractivity contribution in [3.63, 3.8) is 0 Å². The lowest BCUT2D eigenvalue weighted by atomic mass is 10.0. The third kappa shape index (κ3) is 4.33. The van der Waals surface area contributed by atoms with Crippen LogP contribution in [-0.2, 0) is 6.42 Å². The molecule has 0 saturated carbocycles. The second-order valence-corrected chi connectivity index (χ2v) is 7.44. The molecule has 0 radical (unpaired) electrons. The van der Waals surface area contributed by atoms with E-state index in [0.717, 1.165) is 44.0 Å². The van der Waals surface area contributed by atoms with E-state index in [9.17, 15) is 0 Å². The summed E-state index contributed by atoms with van der Waals surface area (Å²) in [6.45, 7) is 6.08. The molecule has 1 aromatic heterocycles. The highest BCUT2D eigenvalue weighted by Crippen LogP contribution is 2.27. The molecule has 2 heterocycles. The minimum Gasteiger partial charge on any atom is -0.490 e. The largest absolute Gasteiger partial charge is 0.490 e. The summed E-state index contributed by atoms with van der Waals surface area (Å²) in [7, 11) is 0. The fourth-order valence-electron chi connectivity index (χ4n) is 3.55. The van der Waals surface area contributed by atoms with Crippen molar-refractivity contribution in [1.29, 1.82) is 0 Å². The van der Waals surface area contributed by atoms with Gasteiger partial charge in [0.05, 0.1) is 0 Å². The maximum Gasteiger partial charge on any atom is 0.225 e. The molecule has 0 aliphatic carbocycles. The van der Waals surface area contributed by atoms with Gasteiger partial charge in [-0.25, -0.2) is 9.97 Å². The van der Waals surface area contributed by atoms with E-state index in [0.29, 0.717) is 0 Å². The highest BCUT2D eigenvalue weighted by molar-refractivity contribution is 5.65. The van der Waals surface area contributed by atoms with Gasteiger partial charge in [-0.2, -0.15) is 0 Å². The topological polar surface area (TPSA) is 38.2 Å². The summed E-state index contributed by atoms with van der Waals surface area (Å²) >= 11 is 0. The fourth-order valence-corrected chi connectivity index (χ4v) is 3.55. The Morgan fingerprint density at radius 3 is 2.36 bits per heavy atom. The Morgan fingerprint density at radius 2 is 1.68 bits per heavy atom. The monoisotopic (exact) mass is 373 g/mol. The van der Waals surface area contributed by atoms with E-state index in [-0.39, 0.29) is 6.10 Å². The molecule has 4 nitrogen and oxygen atoms in total. The van der Waals surface area contributed by atoms with Crippen molar-refractivity contribution in [3.8, 4) is 16.9 Å². The molecule has 144 valence electrons. The number of hydrogen-bond donors (Lipinski definition) is 0. The van der Waals surface area contributed by atoms with Crippen molar-refractivity contribution in [2.75, 3.05) is 18.0 Å². The molecule has 1 fully saturated rings. The van der Waals surface area contributed by atoms with E-state index in [1.54, 1.807) is 0 Å². The molecule has 4 rings (SSSR count). The van der Waals surface area contributed by atoms with Crippen molar-refractivity contribution in [2.24, 2.45) is 0 Å². The predicted octanol–water partition coefficient (Wildman–Crippen LogP) is 5.06. The number of aromatic nitrogens is 2. The molecular formula is C24H27N3O. The minimum absolute atomic E-state index is 0.236. The van der Waals surface area contributed by atoms with Crippen molar-refractivity contribution in [1.82, 2.24) is 9.97 Å². The van der Waals surface area contributed by atoms with Crippen molar-refractivity contribution < 1.29 is 4.74 Å². The lowest BCUT2D eigenvalue weighted by Crippen LogP contribution is -2.39. The van der Waals surface area contributed by atoms with Gasteiger partial charge in [-0.3, -0.25) is 0 Å². The molecule has 1 aliphatic heterocycles. The van der Waals surface area contributed by atoms with Crippen molar-refractivity contribution >= 4 is 5.95 Å². The lowest BCUT2D eigenvalue weighted by Gasteiger charge is -2.32. The summed E-state index contributed by atoms with van der Waals surface area (Å²) in [6.07, 6.45) is 7.03. The SMILES string of the molecule is CCc1cnc(N2CCC(Oc3cccc(-c4ccc(C)cc4)c3)CC2)nc1. The average molecular weight is 374 g/mol. The normalized spacial score (nSPS) is 14.9. The first-order chi connectivity index (χ1) is 13.7. The zero-order chi connectivity index (χ0) is 19.3. The van der Waals surface area contributed by atoms with Gasteiger partial charge in [-0.15, -0.1) is 0 Å². The van der Waals surface area contributed by atoms with Gasteiger partial charge in [0.15, 0.2) is 0 Å². The van der Waals surface area contributed by atoms with Crippen LogP contribution in [0.15, 0.2) is 60.9 Å². The van der Waals surface area contributed by atoms with Gasteiger partial charge in [0.2, 0.25) is 5.95 Å². The Hall–Kier alpha value is -2.88. The maximum atomic E-state index is 6.29. The Morgan fingerprint density at radius 1 is 0.964 bits per heavy atom. The van der Waals surface area contributed by atoms with Crippen LogP contribution in [0.1, 0.15) is 30.9 Å². The van der Waals surface area contributed by atoms with Crippen LogP contribution in [0, 0.1) is 6.92 Å². The van der Waals surface area contributed by atoms with Crippen LogP contribution < -0.4 is 9.64 Å². The number of anilines is 1. The quantitative estimate of drug-likeness (QED) is 0.626. The van der Waals surface area contributed by atoms with Gasteiger partial charge in [0.1, 0.15) is 11.9 Å². The first-order valence-electron chi connectivity index (χ1n) is 10.1. The zero-order valence-electron chi connectivity index (χ0n) is 16.6. The summed E-state index contributed by atoms with van der Waals surface area (Å²) in [5.41, 5.74) is 4.87. The first-order valence-corrected chi connectivity index (χ1v) is 10.1. The second kappa shape index (κ2) is 8.42. The van der Waals surface area contributed by atoms with Gasteiger partial charge in [0.25, 0.3) is 0 Å². The van der Waals surface area contributed by atoms with Gasteiger partial charge < -0.3 is 9.64 Å². The summed E-state index contributed by atoms with van der Waals surface area (Å²) in [5, 5.41) is 0. The molecule has 0 spiro atoms. The molecule has 0 bridgehead atoms. The molecule has 0 amide bonds. The summed E-state index contributed by atoms with van der Waals surface area (Å²) in [5.74, 6) is 1.78. The van der Waals surface area contributed by atoms with Gasteiger partial charge in [0, 0.05) is 38.3 Å². The van der Waals surface area contributed by atoms with Crippen LogP contribution in [0.4, 0.5) is 5.95 Å². The molecule has 1 saturated heterocycles. The van der Waals surface area contributed by atoms with E-state index < -0.39 is 0 Å². The molecule has 3 aromatic rings. The Labute approximate surface area is 167 Å². The van der Waals surface area contributed by atoms with Crippen LogP contribution in [-0.4, -0.2) is 29.2 Å². The maximum absolute atomic E-state index is 6.29. The lowest BCUT2D eigenvalue weighted by molar-refractivity contribution is 0.170. The number of rotatable bonds is 5. The molecule has 0 atom stereocenters. The first kappa shape index (κ1) is 18.5. The van der Waals surface area contributed by atoms with Crippen LogP contribution in [0.2, 0.25) is 0 Å². The van der Waals surface area contributed by atoms with Gasteiger partial charge >= 0.3 is 0 Å². The number of benzene rings is 2. The minimum atomic E-state index is 0.236.